The van der Waals surface area contributed by atoms with E-state index in [9.17, 15) is 19.1 Å². The number of nitro groups is 1. The number of fused-ring (bicyclic) bond motifs is 1. The molecule has 2 rings (SSSR count). The van der Waals surface area contributed by atoms with Gasteiger partial charge < -0.3 is 4.74 Å². The monoisotopic (exact) mass is 418 g/mol. The van der Waals surface area contributed by atoms with Crippen LogP contribution in [0.5, 0.6) is 0 Å². The zero-order valence-corrected chi connectivity index (χ0v) is 16.8. The van der Waals surface area contributed by atoms with Gasteiger partial charge in [0.2, 0.25) is 0 Å². The molecule has 0 radical (unpaired) electrons. The van der Waals surface area contributed by atoms with Crippen LogP contribution in [0.15, 0.2) is 24.3 Å². The second-order valence-electron chi connectivity index (χ2n) is 6.60. The average Bonchev–Trinajstić information content (AvgIpc) is 2.66. The van der Waals surface area contributed by atoms with Crippen molar-refractivity contribution < 1.29 is 27.4 Å². The molecule has 156 valence electrons. The number of ether oxygens (including phenoxy) is 1. The predicted octanol–water partition coefficient (Wildman–Crippen LogP) is 2.68. The van der Waals surface area contributed by atoms with E-state index < -0.39 is 39.4 Å². The van der Waals surface area contributed by atoms with Crippen LogP contribution in [0.25, 0.3) is 0 Å². The average molecular weight is 418 g/mol. The Balaban J connectivity index is 2.77. The third-order valence-electron chi connectivity index (χ3n) is 5.03. The fourth-order valence-corrected chi connectivity index (χ4v) is 4.97. The smallest absolute Gasteiger partial charge is 0.416 e. The van der Waals surface area contributed by atoms with Crippen molar-refractivity contribution >= 4 is 17.0 Å². The Hall–Kier alpha value is -1.94. The number of esters is 1. The van der Waals surface area contributed by atoms with Gasteiger partial charge in [0.05, 0.1) is 17.6 Å². The first-order valence-corrected chi connectivity index (χ1v) is 10.3. The zero-order valence-electron chi connectivity index (χ0n) is 16.0. The summed E-state index contributed by atoms with van der Waals surface area (Å²) in [6.07, 6.45) is 0.766. The fourth-order valence-electron chi connectivity index (χ4n) is 3.79. The molecular weight excluding hydrogens is 394 g/mol. The normalized spacial score (nSPS) is 23.1. The second-order valence-corrected chi connectivity index (χ2v) is 8.23. The second kappa shape index (κ2) is 8.60. The lowest BCUT2D eigenvalue weighted by molar-refractivity contribution is -0.615. The van der Waals surface area contributed by atoms with E-state index in [-0.39, 0.29) is 24.3 Å². The summed E-state index contributed by atoms with van der Waals surface area (Å²) in [7, 11) is -0.387. The molecule has 0 aromatic heterocycles. The number of alkyl halides is 2. The van der Waals surface area contributed by atoms with Crippen LogP contribution in [0.2, 0.25) is 0 Å². The summed E-state index contributed by atoms with van der Waals surface area (Å²) in [6, 6.07) is 4.35. The number of nitrogens with zero attached hydrogens (tertiary/aromatic N) is 2. The van der Waals surface area contributed by atoms with Crippen LogP contribution in [0.4, 0.5) is 8.78 Å². The molecule has 28 heavy (non-hydrogen) atoms. The highest BCUT2D eigenvalue weighted by molar-refractivity contribution is 7.82. The number of hydrogen-bond acceptors (Lipinski definition) is 5. The lowest BCUT2D eigenvalue weighted by Crippen LogP contribution is -2.68. The molecule has 0 N–H and O–H groups in total. The van der Waals surface area contributed by atoms with Crippen molar-refractivity contribution in [3.63, 3.8) is 0 Å². The lowest BCUT2D eigenvalue weighted by atomic mass is 9.69. The Morgan fingerprint density at radius 2 is 2.07 bits per heavy atom. The van der Waals surface area contributed by atoms with Gasteiger partial charge in [0.25, 0.3) is 0 Å². The van der Waals surface area contributed by atoms with E-state index in [2.05, 4.69) is 4.74 Å². The van der Waals surface area contributed by atoms with Crippen molar-refractivity contribution in [2.24, 2.45) is 0 Å². The van der Waals surface area contributed by atoms with Crippen LogP contribution in [0.3, 0.4) is 0 Å². The highest BCUT2D eigenvalue weighted by Gasteiger charge is 2.76. The van der Waals surface area contributed by atoms with Crippen molar-refractivity contribution in [2.45, 2.75) is 50.6 Å². The molecule has 1 aliphatic rings. The first kappa shape index (κ1) is 22.4. The number of halogens is 2. The molecule has 0 heterocycles. The Labute approximate surface area is 164 Å². The fraction of sp³-hybridized carbons (Fsp3) is 0.611. The van der Waals surface area contributed by atoms with Crippen molar-refractivity contribution in [1.29, 1.82) is 0 Å². The third kappa shape index (κ3) is 3.43. The quantitative estimate of drug-likeness (QED) is 0.368. The molecule has 1 aliphatic carbocycles. The number of carbonyl (C=O) groups excluding carboxylic acids is 1. The summed E-state index contributed by atoms with van der Waals surface area (Å²) in [4.78, 5) is 23.4. The first-order chi connectivity index (χ1) is 13.2. The topological polar surface area (TPSA) is 89.8 Å². The molecule has 0 saturated carbocycles. The van der Waals surface area contributed by atoms with Crippen LogP contribution in [0.1, 0.15) is 37.8 Å². The van der Waals surface area contributed by atoms with Gasteiger partial charge in [-0.25, -0.2) is 13.3 Å². The number of rotatable bonds is 8. The van der Waals surface area contributed by atoms with Crippen molar-refractivity contribution in [3.05, 3.63) is 45.5 Å². The summed E-state index contributed by atoms with van der Waals surface area (Å²) >= 11 is 0. The maximum atomic E-state index is 15.5. The molecule has 0 fully saturated rings. The Morgan fingerprint density at radius 1 is 1.43 bits per heavy atom. The minimum absolute atomic E-state index is 0.0427. The van der Waals surface area contributed by atoms with Gasteiger partial charge in [-0.3, -0.25) is 10.1 Å². The maximum Gasteiger partial charge on any atom is 0.416 e. The van der Waals surface area contributed by atoms with Crippen LogP contribution in [0, 0.1) is 10.1 Å². The highest BCUT2D eigenvalue weighted by Crippen LogP contribution is 2.50. The van der Waals surface area contributed by atoms with Crippen molar-refractivity contribution in [1.82, 2.24) is 4.31 Å². The minimum atomic E-state index is -4.46. The molecule has 0 saturated heterocycles. The largest absolute Gasteiger partial charge is 0.461 e. The zero-order chi connectivity index (χ0) is 21.1. The number of likely N-dealkylation sites (N-methyl/N-ethyl adjacent to an activating group) is 1. The maximum absolute atomic E-state index is 15.5. The van der Waals surface area contributed by atoms with E-state index in [1.807, 2.05) is 0 Å². The predicted molar refractivity (Wildman–Crippen MR) is 99.9 cm³/mol. The summed E-state index contributed by atoms with van der Waals surface area (Å²) in [5.74, 6) is -6.24. The first-order valence-electron chi connectivity index (χ1n) is 9.05. The molecule has 7 nitrogen and oxygen atoms in total. The number of aryl methyl sites for hydroxylation is 1. The standard InChI is InChI=1S/C18H24F2N2O5S/c1-4-12-28(26)21(3)15-11-10-13-8-6-7-9-14(13)17(15,22(24)25)18(19,20)16(23)27-5-2/h6-9,15H,4-5,10-12H2,1-3H3/t15?,17-,28-/m1/s1. The molecule has 0 aliphatic heterocycles. The number of carbonyl (C=O) groups is 1. The molecule has 0 amide bonds. The van der Waals surface area contributed by atoms with Crippen molar-refractivity contribution in [3.8, 4) is 0 Å². The van der Waals surface area contributed by atoms with Gasteiger partial charge in [-0.1, -0.05) is 31.2 Å². The van der Waals surface area contributed by atoms with E-state index in [0.29, 0.717) is 18.4 Å². The van der Waals surface area contributed by atoms with E-state index in [1.165, 1.54) is 32.2 Å². The molecule has 1 aromatic rings. The lowest BCUT2D eigenvalue weighted by Gasteiger charge is -2.44. The summed E-state index contributed by atoms with van der Waals surface area (Å²) in [6.45, 7) is 2.78. The van der Waals surface area contributed by atoms with Crippen LogP contribution < -0.4 is 0 Å². The van der Waals surface area contributed by atoms with Gasteiger partial charge in [-0.15, -0.1) is 0 Å². The van der Waals surface area contributed by atoms with Gasteiger partial charge in [-0.05, 0) is 31.7 Å². The molecule has 3 atom stereocenters. The minimum Gasteiger partial charge on any atom is -0.461 e. The van der Waals surface area contributed by atoms with Crippen LogP contribution in [-0.2, 0) is 32.5 Å². The van der Waals surface area contributed by atoms with Gasteiger partial charge in [0, 0.05) is 23.3 Å². The molecule has 1 unspecified atom stereocenters. The van der Waals surface area contributed by atoms with Gasteiger partial charge in [0.15, 0.2) is 0 Å². The van der Waals surface area contributed by atoms with Crippen LogP contribution in [-0.4, -0.2) is 50.8 Å². The molecule has 0 bridgehead atoms. The van der Waals surface area contributed by atoms with Crippen molar-refractivity contribution in [2.75, 3.05) is 19.4 Å². The number of hydrogen-bond donors (Lipinski definition) is 0. The van der Waals surface area contributed by atoms with Gasteiger partial charge in [0.1, 0.15) is 6.04 Å². The highest BCUT2D eigenvalue weighted by atomic mass is 32.2. The van der Waals surface area contributed by atoms with E-state index in [0.717, 1.165) is 4.31 Å². The SMILES string of the molecule is CCC[S@@](=O)N(C)C1CCc2ccccc2[C@]1([N+](=O)[O-])C(F)(F)C(=O)OCC. The molecule has 0 spiro atoms. The molecular formula is C18H24F2N2O5S. The number of benzene rings is 1. The van der Waals surface area contributed by atoms with Crippen LogP contribution >= 0.6 is 0 Å². The molecule has 1 aromatic carbocycles. The van der Waals surface area contributed by atoms with Gasteiger partial charge in [-0.2, -0.15) is 8.78 Å². The Kier molecular flexibility index (Phi) is 6.87. The summed E-state index contributed by atoms with van der Waals surface area (Å²) < 4.78 is 49.1. The Bertz CT molecular complexity index is 776. The van der Waals surface area contributed by atoms with E-state index in [1.54, 1.807) is 13.0 Å². The molecule has 10 heteroatoms. The van der Waals surface area contributed by atoms with E-state index in [4.69, 9.17) is 0 Å². The van der Waals surface area contributed by atoms with E-state index >= 15 is 8.78 Å². The Morgan fingerprint density at radius 3 is 2.64 bits per heavy atom. The third-order valence-corrected chi connectivity index (χ3v) is 6.69. The van der Waals surface area contributed by atoms with Gasteiger partial charge >= 0.3 is 17.4 Å². The summed E-state index contributed by atoms with van der Waals surface area (Å²) in [5, 5.41) is 12.3. The summed E-state index contributed by atoms with van der Waals surface area (Å²) in [5.41, 5.74) is -2.98.